The van der Waals surface area contributed by atoms with Crippen LogP contribution in [-0.2, 0) is 18.3 Å². The number of carbonyl (C=O) groups is 2. The molecule has 2 amide bonds. The predicted molar refractivity (Wildman–Crippen MR) is 126 cm³/mol. The Morgan fingerprint density at radius 2 is 1.94 bits per heavy atom. The highest BCUT2D eigenvalue weighted by Crippen LogP contribution is 2.29. The molecule has 0 saturated carbocycles. The minimum Gasteiger partial charge on any atom is -0.389 e. The van der Waals surface area contributed by atoms with Crippen LogP contribution < -0.4 is 5.73 Å². The van der Waals surface area contributed by atoms with Gasteiger partial charge < -0.3 is 24.9 Å². The molecule has 33 heavy (non-hydrogen) atoms. The number of hydrogen-bond donors (Lipinski definition) is 2. The van der Waals surface area contributed by atoms with Gasteiger partial charge in [0.25, 0.3) is 0 Å². The van der Waals surface area contributed by atoms with Gasteiger partial charge in [-0.2, -0.15) is 0 Å². The molecule has 2 aromatic carbocycles. The van der Waals surface area contributed by atoms with Gasteiger partial charge in [-0.05, 0) is 42.8 Å². The maximum absolute atomic E-state index is 12.9. The summed E-state index contributed by atoms with van der Waals surface area (Å²) in [5.41, 5.74) is 8.78. The highest BCUT2D eigenvalue weighted by molar-refractivity contribution is 5.97. The summed E-state index contributed by atoms with van der Waals surface area (Å²) >= 11 is 0. The lowest BCUT2D eigenvalue weighted by atomic mass is 10.1. The average Bonchev–Trinajstić information content (AvgIpc) is 3.49. The Morgan fingerprint density at radius 1 is 1.12 bits per heavy atom. The molecule has 3 N–H and O–H groups in total. The Bertz CT molecular complexity index is 1350. The lowest BCUT2D eigenvalue weighted by molar-refractivity contribution is -0.130. The summed E-state index contributed by atoms with van der Waals surface area (Å²) in [5, 5.41) is 11.6. The first-order valence-corrected chi connectivity index (χ1v) is 11.2. The Labute approximate surface area is 191 Å². The van der Waals surface area contributed by atoms with Gasteiger partial charge in [0.1, 0.15) is 5.82 Å². The molecule has 2 aromatic heterocycles. The van der Waals surface area contributed by atoms with E-state index in [-0.39, 0.29) is 11.9 Å². The van der Waals surface area contributed by atoms with Crippen LogP contribution in [0.3, 0.4) is 0 Å². The molecule has 1 aliphatic rings. The molecule has 0 spiro atoms. The predicted octanol–water partition coefficient (Wildman–Crippen LogP) is 2.39. The number of nitrogens with zero attached hydrogens (tertiary/aromatic N) is 4. The van der Waals surface area contributed by atoms with Gasteiger partial charge in [-0.3, -0.25) is 9.59 Å². The number of β-amino-alcohol motifs (C(OH)–C–C–N with tert-alkyl or cyclic N) is 1. The number of aromatic nitrogens is 3. The summed E-state index contributed by atoms with van der Waals surface area (Å²) in [4.78, 5) is 30.7. The Kier molecular flexibility index (Phi) is 5.38. The fraction of sp³-hybridized carbons (Fsp3) is 0.320. The number of para-hydroxylation sites is 2. The number of imidazole rings is 1. The molecule has 0 radical (unpaired) electrons. The summed E-state index contributed by atoms with van der Waals surface area (Å²) in [7, 11) is 2.00. The number of carbonyl (C=O) groups excluding carboxylic acids is 2. The number of fused-ring (bicyclic) bond motifs is 2. The van der Waals surface area contributed by atoms with Gasteiger partial charge in [-0.25, -0.2) is 4.98 Å². The van der Waals surface area contributed by atoms with E-state index < -0.39 is 12.0 Å². The molecule has 170 valence electrons. The fourth-order valence-electron chi connectivity index (χ4n) is 4.83. The largest absolute Gasteiger partial charge is 0.389 e. The minimum atomic E-state index is -0.653. The standard InChI is InChI=1S/C25H27N5O3/c1-28-20-6-3-2-5-18(20)27-23(28)7-4-8-24(32)29-14-21(22(31)15-29)30-12-11-16-13-17(25(26)33)9-10-19(16)30/h2-3,5-6,9-13,21-22,31H,4,7-8,14-15H2,1H3,(H2,26,33)/t21-,22-/m1/s1. The number of amides is 2. The molecule has 0 unspecified atom stereocenters. The molecule has 2 atom stereocenters. The summed E-state index contributed by atoms with van der Waals surface area (Å²) in [6.45, 7) is 0.766. The summed E-state index contributed by atoms with van der Waals surface area (Å²) in [5.74, 6) is 0.543. The van der Waals surface area contributed by atoms with Gasteiger partial charge >= 0.3 is 0 Å². The number of primary amides is 1. The van der Waals surface area contributed by atoms with Crippen LogP contribution in [0.5, 0.6) is 0 Å². The first-order valence-electron chi connectivity index (χ1n) is 11.2. The van der Waals surface area contributed by atoms with E-state index in [9.17, 15) is 14.7 Å². The third kappa shape index (κ3) is 3.87. The van der Waals surface area contributed by atoms with E-state index in [0.717, 1.165) is 34.2 Å². The van der Waals surface area contributed by atoms with Crippen molar-refractivity contribution in [1.82, 2.24) is 19.0 Å². The second-order valence-corrected chi connectivity index (χ2v) is 8.72. The maximum atomic E-state index is 12.9. The molecule has 1 aliphatic heterocycles. The lowest BCUT2D eigenvalue weighted by Crippen LogP contribution is -2.29. The topological polar surface area (TPSA) is 106 Å². The number of hydrogen-bond acceptors (Lipinski definition) is 4. The zero-order chi connectivity index (χ0) is 23.1. The highest BCUT2D eigenvalue weighted by atomic mass is 16.3. The van der Waals surface area contributed by atoms with Crippen LogP contribution in [0.1, 0.15) is 35.1 Å². The number of nitrogens with two attached hydrogens (primary N) is 1. The van der Waals surface area contributed by atoms with Gasteiger partial charge in [-0.1, -0.05) is 12.1 Å². The molecule has 3 heterocycles. The van der Waals surface area contributed by atoms with Crippen molar-refractivity contribution in [1.29, 1.82) is 0 Å². The van der Waals surface area contributed by atoms with Crippen molar-refractivity contribution in [3.63, 3.8) is 0 Å². The second-order valence-electron chi connectivity index (χ2n) is 8.72. The van der Waals surface area contributed by atoms with E-state index in [4.69, 9.17) is 5.73 Å². The number of aliphatic hydroxyl groups is 1. The second kappa shape index (κ2) is 8.37. The minimum absolute atomic E-state index is 0.0443. The lowest BCUT2D eigenvalue weighted by Gasteiger charge is -2.18. The zero-order valence-corrected chi connectivity index (χ0v) is 18.5. The van der Waals surface area contributed by atoms with E-state index in [0.29, 0.717) is 31.5 Å². The summed E-state index contributed by atoms with van der Waals surface area (Å²) < 4.78 is 4.06. The van der Waals surface area contributed by atoms with E-state index in [2.05, 4.69) is 9.55 Å². The fourth-order valence-corrected chi connectivity index (χ4v) is 4.83. The SMILES string of the molecule is Cn1c(CCCC(=O)N2C[C@@H](O)[C@H](n3ccc4cc(C(N)=O)ccc43)C2)nc2ccccc21. The molecular formula is C25H27N5O3. The van der Waals surface area contributed by atoms with Crippen molar-refractivity contribution in [2.24, 2.45) is 12.8 Å². The van der Waals surface area contributed by atoms with Crippen molar-refractivity contribution >= 4 is 33.8 Å². The van der Waals surface area contributed by atoms with Crippen LogP contribution in [-0.4, -0.2) is 55.1 Å². The molecule has 0 aliphatic carbocycles. The monoisotopic (exact) mass is 445 g/mol. The zero-order valence-electron chi connectivity index (χ0n) is 18.5. The third-order valence-electron chi connectivity index (χ3n) is 6.64. The van der Waals surface area contributed by atoms with Gasteiger partial charge in [0.05, 0.1) is 23.2 Å². The molecule has 8 heteroatoms. The van der Waals surface area contributed by atoms with Crippen molar-refractivity contribution in [3.05, 3.63) is 66.1 Å². The van der Waals surface area contributed by atoms with E-state index in [1.807, 2.05) is 54.2 Å². The number of likely N-dealkylation sites (tertiary alicyclic amines) is 1. The molecule has 0 bridgehead atoms. The summed E-state index contributed by atoms with van der Waals surface area (Å²) in [6.07, 6.45) is 3.08. The van der Waals surface area contributed by atoms with Crippen LogP contribution >= 0.6 is 0 Å². The number of aryl methyl sites for hydroxylation is 2. The van der Waals surface area contributed by atoms with E-state index >= 15 is 0 Å². The highest BCUT2D eigenvalue weighted by Gasteiger charge is 2.35. The van der Waals surface area contributed by atoms with Gasteiger partial charge in [0, 0.05) is 55.6 Å². The van der Waals surface area contributed by atoms with Crippen LogP contribution in [0.2, 0.25) is 0 Å². The van der Waals surface area contributed by atoms with Gasteiger partial charge in [0.15, 0.2) is 0 Å². The average molecular weight is 446 g/mol. The first-order chi connectivity index (χ1) is 15.9. The van der Waals surface area contributed by atoms with Gasteiger partial charge in [0.2, 0.25) is 11.8 Å². The van der Waals surface area contributed by atoms with Crippen LogP contribution in [0.4, 0.5) is 0 Å². The number of rotatable bonds is 6. The number of benzene rings is 2. The van der Waals surface area contributed by atoms with Crippen molar-refractivity contribution in [2.45, 2.75) is 31.4 Å². The van der Waals surface area contributed by atoms with E-state index in [1.165, 1.54) is 0 Å². The third-order valence-corrected chi connectivity index (χ3v) is 6.64. The van der Waals surface area contributed by atoms with Crippen molar-refractivity contribution < 1.29 is 14.7 Å². The maximum Gasteiger partial charge on any atom is 0.248 e. The summed E-state index contributed by atoms with van der Waals surface area (Å²) in [6, 6.07) is 15.0. The van der Waals surface area contributed by atoms with Crippen LogP contribution in [0, 0.1) is 0 Å². The molecule has 4 aromatic rings. The number of aliphatic hydroxyl groups excluding tert-OH is 1. The quantitative estimate of drug-likeness (QED) is 0.475. The van der Waals surface area contributed by atoms with Gasteiger partial charge in [-0.15, -0.1) is 0 Å². The van der Waals surface area contributed by atoms with Crippen LogP contribution in [0.15, 0.2) is 54.7 Å². The molecule has 5 rings (SSSR count). The normalized spacial score (nSPS) is 18.4. The smallest absolute Gasteiger partial charge is 0.248 e. The van der Waals surface area contributed by atoms with Crippen LogP contribution in [0.25, 0.3) is 21.9 Å². The Balaban J connectivity index is 1.23. The molecular weight excluding hydrogens is 418 g/mol. The van der Waals surface area contributed by atoms with Crippen molar-refractivity contribution in [2.75, 3.05) is 13.1 Å². The van der Waals surface area contributed by atoms with Crippen molar-refractivity contribution in [3.8, 4) is 0 Å². The molecule has 1 saturated heterocycles. The van der Waals surface area contributed by atoms with E-state index in [1.54, 1.807) is 17.0 Å². The Morgan fingerprint density at radius 3 is 2.73 bits per heavy atom. The molecule has 1 fully saturated rings. The first kappa shape index (κ1) is 21.2. The molecule has 8 nitrogen and oxygen atoms in total. The Hall–Kier alpha value is -3.65.